The van der Waals surface area contributed by atoms with E-state index in [1.165, 1.54) is 154 Å². The molecule has 6 heteroatoms. The summed E-state index contributed by atoms with van der Waals surface area (Å²) in [6, 6.07) is 0. The fourth-order valence-corrected chi connectivity index (χ4v) is 9.03. The lowest BCUT2D eigenvalue weighted by Crippen LogP contribution is -2.30. The van der Waals surface area contributed by atoms with Crippen molar-refractivity contribution in [3.05, 3.63) is 122 Å². The maximum atomic E-state index is 12.9. The van der Waals surface area contributed by atoms with E-state index in [1.54, 1.807) is 0 Å². The van der Waals surface area contributed by atoms with Gasteiger partial charge in [0, 0.05) is 19.3 Å². The highest BCUT2D eigenvalue weighted by molar-refractivity contribution is 5.71. The fourth-order valence-electron chi connectivity index (χ4n) is 9.03. The minimum Gasteiger partial charge on any atom is -0.462 e. The topological polar surface area (TPSA) is 78.9 Å². The molecule has 0 radical (unpaired) electrons. The molecule has 79 heavy (non-hydrogen) atoms. The number of hydrogen-bond donors (Lipinski definition) is 0. The van der Waals surface area contributed by atoms with Crippen LogP contribution in [0.5, 0.6) is 0 Å². The lowest BCUT2D eigenvalue weighted by molar-refractivity contribution is -0.167. The first-order chi connectivity index (χ1) is 39.0. The first-order valence-corrected chi connectivity index (χ1v) is 33.0. The highest BCUT2D eigenvalue weighted by Gasteiger charge is 2.19. The SMILES string of the molecule is CC/C=C\C/C=C\C/C=C\C/C=C\C/C=C\C/C=C\C/C=C\CCCC(=O)OC(COC(=O)CCCCCCCCCCCC/C=C\C/C=C\C/C=C\CCCCCCC)COC(=O)CCCCCCCCCCCCCCC. The minimum atomic E-state index is -0.813. The number of unbranched alkanes of at least 4 members (excludes halogenated alkanes) is 28. The molecular formula is C73H122O6. The molecule has 0 N–H and O–H groups in total. The van der Waals surface area contributed by atoms with Gasteiger partial charge in [0.15, 0.2) is 6.10 Å². The summed E-state index contributed by atoms with van der Waals surface area (Å²) in [6.07, 6.45) is 92.1. The van der Waals surface area contributed by atoms with Crippen LogP contribution >= 0.6 is 0 Å². The van der Waals surface area contributed by atoms with E-state index in [0.29, 0.717) is 19.3 Å². The van der Waals surface area contributed by atoms with E-state index in [9.17, 15) is 14.4 Å². The highest BCUT2D eigenvalue weighted by atomic mass is 16.6. The molecule has 0 saturated heterocycles. The van der Waals surface area contributed by atoms with Gasteiger partial charge >= 0.3 is 17.9 Å². The third-order valence-electron chi connectivity index (χ3n) is 14.0. The molecule has 0 saturated carbocycles. The van der Waals surface area contributed by atoms with E-state index >= 15 is 0 Å². The van der Waals surface area contributed by atoms with E-state index < -0.39 is 6.10 Å². The Morgan fingerprint density at radius 3 is 0.810 bits per heavy atom. The number of rotatable bonds is 59. The molecule has 0 fully saturated rings. The summed E-state index contributed by atoms with van der Waals surface area (Å²) < 4.78 is 16.9. The van der Waals surface area contributed by atoms with Crippen molar-refractivity contribution in [2.45, 2.75) is 309 Å². The minimum absolute atomic E-state index is 0.102. The standard InChI is InChI=1S/C73H122O6/c1-4-7-10-13-16-19-22-25-27-29-31-33-35-36-38-39-41-43-45-48-51-54-57-60-63-66-72(75)78-69-70(68-77-71(74)65-62-59-56-53-50-47-24-21-18-15-12-9-6-3)79-73(76)67-64-61-58-55-52-49-46-44-42-40-37-34-32-30-28-26-23-20-17-14-11-8-5-2/h8,11,17,20,22,25-26,28-29,31-32,34-36,40,42,46,49,55,58,70H,4-7,9-10,12-16,18-19,21,23-24,27,30,33,37-39,41,43-45,47-48,50-54,56-57,59-69H2,1-3H3/b11-8-,20-17-,25-22-,28-26-,31-29-,34-32-,36-35-,42-40-,49-46-,58-55-. The molecule has 0 aliphatic carbocycles. The van der Waals surface area contributed by atoms with Gasteiger partial charge < -0.3 is 14.2 Å². The van der Waals surface area contributed by atoms with Crippen LogP contribution in [0.2, 0.25) is 0 Å². The molecular weight excluding hydrogens is 973 g/mol. The molecule has 1 atom stereocenters. The Morgan fingerprint density at radius 2 is 0.506 bits per heavy atom. The van der Waals surface area contributed by atoms with Gasteiger partial charge in [-0.05, 0) is 109 Å². The summed E-state index contributed by atoms with van der Waals surface area (Å²) in [6.45, 7) is 6.48. The van der Waals surface area contributed by atoms with Crippen LogP contribution in [0, 0.1) is 0 Å². The largest absolute Gasteiger partial charge is 0.462 e. The molecule has 0 aromatic heterocycles. The predicted octanol–water partition coefficient (Wildman–Crippen LogP) is 22.8. The van der Waals surface area contributed by atoms with Gasteiger partial charge in [0.05, 0.1) is 0 Å². The zero-order chi connectivity index (χ0) is 57.1. The van der Waals surface area contributed by atoms with Gasteiger partial charge in [-0.15, -0.1) is 0 Å². The van der Waals surface area contributed by atoms with Crippen molar-refractivity contribution in [1.29, 1.82) is 0 Å². The van der Waals surface area contributed by atoms with Gasteiger partial charge in [-0.3, -0.25) is 14.4 Å². The van der Waals surface area contributed by atoms with E-state index in [-0.39, 0.29) is 37.5 Å². The number of ether oxygens (including phenoxy) is 3. The summed E-state index contributed by atoms with van der Waals surface area (Å²) >= 11 is 0. The van der Waals surface area contributed by atoms with Crippen molar-refractivity contribution in [2.24, 2.45) is 0 Å². The lowest BCUT2D eigenvalue weighted by atomic mass is 10.0. The second-order valence-electron chi connectivity index (χ2n) is 21.6. The molecule has 450 valence electrons. The second kappa shape index (κ2) is 66.3. The average molecular weight is 1100 g/mol. The van der Waals surface area contributed by atoms with Gasteiger partial charge in [0.2, 0.25) is 0 Å². The monoisotopic (exact) mass is 1090 g/mol. The first kappa shape index (κ1) is 74.8. The average Bonchev–Trinajstić information content (AvgIpc) is 3.45. The van der Waals surface area contributed by atoms with Gasteiger partial charge in [0.1, 0.15) is 13.2 Å². The summed E-state index contributed by atoms with van der Waals surface area (Å²) in [5, 5.41) is 0. The van der Waals surface area contributed by atoms with E-state index in [4.69, 9.17) is 14.2 Å². The molecule has 0 heterocycles. The van der Waals surface area contributed by atoms with Gasteiger partial charge in [-0.25, -0.2) is 0 Å². The van der Waals surface area contributed by atoms with Crippen LogP contribution in [0.25, 0.3) is 0 Å². The molecule has 0 aliphatic rings. The Hall–Kier alpha value is -4.19. The van der Waals surface area contributed by atoms with E-state index in [1.807, 2.05) is 0 Å². The van der Waals surface area contributed by atoms with Crippen LogP contribution in [0.3, 0.4) is 0 Å². The maximum absolute atomic E-state index is 12.9. The highest BCUT2D eigenvalue weighted by Crippen LogP contribution is 2.16. The van der Waals surface area contributed by atoms with Crippen molar-refractivity contribution in [2.75, 3.05) is 13.2 Å². The third kappa shape index (κ3) is 64.5. The zero-order valence-corrected chi connectivity index (χ0v) is 51.6. The van der Waals surface area contributed by atoms with Crippen LogP contribution in [-0.2, 0) is 28.6 Å². The summed E-state index contributed by atoms with van der Waals surface area (Å²) in [7, 11) is 0. The molecule has 0 spiro atoms. The van der Waals surface area contributed by atoms with Gasteiger partial charge in [-0.1, -0.05) is 296 Å². The molecule has 0 aliphatic heterocycles. The normalized spacial score (nSPS) is 12.9. The number of allylic oxidation sites excluding steroid dienone is 20. The molecule has 0 rings (SSSR count). The van der Waals surface area contributed by atoms with Crippen LogP contribution in [0.4, 0.5) is 0 Å². The number of esters is 3. The van der Waals surface area contributed by atoms with Crippen molar-refractivity contribution in [3.8, 4) is 0 Å². The first-order valence-electron chi connectivity index (χ1n) is 33.0. The van der Waals surface area contributed by atoms with Crippen LogP contribution in [-0.4, -0.2) is 37.2 Å². The Bertz CT molecular complexity index is 1640. The molecule has 0 aromatic rings. The summed E-state index contributed by atoms with van der Waals surface area (Å²) in [4.78, 5) is 38.3. The second-order valence-corrected chi connectivity index (χ2v) is 21.6. The smallest absolute Gasteiger partial charge is 0.306 e. The molecule has 0 bridgehead atoms. The number of carbonyl (C=O) groups is 3. The summed E-state index contributed by atoms with van der Waals surface area (Å²) in [5.41, 5.74) is 0. The summed E-state index contributed by atoms with van der Waals surface area (Å²) in [5.74, 6) is -0.960. The molecule has 6 nitrogen and oxygen atoms in total. The fraction of sp³-hybridized carbons (Fsp3) is 0.685. The van der Waals surface area contributed by atoms with Crippen molar-refractivity contribution in [1.82, 2.24) is 0 Å². The van der Waals surface area contributed by atoms with Crippen molar-refractivity contribution < 1.29 is 28.6 Å². The predicted molar refractivity (Wildman–Crippen MR) is 343 cm³/mol. The van der Waals surface area contributed by atoms with Crippen LogP contribution in [0.1, 0.15) is 303 Å². The Morgan fingerprint density at radius 1 is 0.266 bits per heavy atom. The molecule has 0 aromatic carbocycles. The Labute approximate surface area is 488 Å². The van der Waals surface area contributed by atoms with Crippen LogP contribution < -0.4 is 0 Å². The maximum Gasteiger partial charge on any atom is 0.306 e. The number of hydrogen-bond acceptors (Lipinski definition) is 6. The van der Waals surface area contributed by atoms with E-state index in [2.05, 4.69) is 142 Å². The lowest BCUT2D eigenvalue weighted by Gasteiger charge is -2.18. The van der Waals surface area contributed by atoms with Crippen LogP contribution in [0.15, 0.2) is 122 Å². The van der Waals surface area contributed by atoms with Gasteiger partial charge in [0.25, 0.3) is 0 Å². The molecule has 0 amide bonds. The van der Waals surface area contributed by atoms with Gasteiger partial charge in [-0.2, -0.15) is 0 Å². The zero-order valence-electron chi connectivity index (χ0n) is 51.6. The molecule has 1 unspecified atom stereocenters. The van der Waals surface area contributed by atoms with Crippen molar-refractivity contribution >= 4 is 17.9 Å². The number of carbonyl (C=O) groups excluding carboxylic acids is 3. The quantitative estimate of drug-likeness (QED) is 0.0261. The third-order valence-corrected chi connectivity index (χ3v) is 14.0. The Kier molecular flexibility index (Phi) is 62.8. The van der Waals surface area contributed by atoms with E-state index in [0.717, 1.165) is 103 Å². The van der Waals surface area contributed by atoms with Crippen molar-refractivity contribution in [3.63, 3.8) is 0 Å². The Balaban J connectivity index is 4.43.